The van der Waals surface area contributed by atoms with E-state index in [0.29, 0.717) is 6.61 Å². The van der Waals surface area contributed by atoms with Crippen LogP contribution in [0.5, 0.6) is 5.75 Å². The minimum absolute atomic E-state index is 0.224. The van der Waals surface area contributed by atoms with Crippen LogP contribution in [0.1, 0.15) is 43.6 Å². The molecule has 0 saturated heterocycles. The minimum Gasteiger partial charge on any atom is -0.485 e. The van der Waals surface area contributed by atoms with E-state index in [9.17, 15) is 0 Å². The zero-order valence-electron chi connectivity index (χ0n) is 17.1. The first kappa shape index (κ1) is 20.3. The van der Waals surface area contributed by atoms with Gasteiger partial charge in [-0.25, -0.2) is 0 Å². The van der Waals surface area contributed by atoms with Crippen molar-refractivity contribution in [1.29, 1.82) is 0 Å². The van der Waals surface area contributed by atoms with Gasteiger partial charge < -0.3 is 19.5 Å². The number of nitrogens with one attached hydrogen (secondary N) is 1. The van der Waals surface area contributed by atoms with Crippen LogP contribution < -0.4 is 10.1 Å². The summed E-state index contributed by atoms with van der Waals surface area (Å²) in [6.07, 6.45) is 4.88. The lowest BCUT2D eigenvalue weighted by atomic mass is 9.88. The Morgan fingerprint density at radius 2 is 1.96 bits per heavy atom. The van der Waals surface area contributed by atoms with Crippen molar-refractivity contribution in [3.05, 3.63) is 59.2 Å². The first-order valence-corrected chi connectivity index (χ1v) is 9.74. The van der Waals surface area contributed by atoms with Crippen molar-refractivity contribution in [2.75, 3.05) is 18.5 Å². The molecular formula is C24H29NO3. The Morgan fingerprint density at radius 3 is 2.68 bits per heavy atom. The van der Waals surface area contributed by atoms with Crippen molar-refractivity contribution in [3.63, 3.8) is 0 Å². The normalized spacial score (nSPS) is 20.0. The second-order valence-corrected chi connectivity index (χ2v) is 7.55. The van der Waals surface area contributed by atoms with Crippen molar-refractivity contribution in [3.8, 4) is 18.1 Å². The van der Waals surface area contributed by atoms with Gasteiger partial charge in [-0.3, -0.25) is 0 Å². The highest BCUT2D eigenvalue weighted by Crippen LogP contribution is 2.44. The fourth-order valence-corrected chi connectivity index (χ4v) is 3.63. The summed E-state index contributed by atoms with van der Waals surface area (Å²) < 4.78 is 18.3. The van der Waals surface area contributed by atoms with Gasteiger partial charge >= 0.3 is 0 Å². The van der Waals surface area contributed by atoms with E-state index < -0.39 is 5.60 Å². The van der Waals surface area contributed by atoms with Gasteiger partial charge in [-0.05, 0) is 57.0 Å². The van der Waals surface area contributed by atoms with Crippen LogP contribution in [-0.4, -0.2) is 24.9 Å². The molecular weight excluding hydrogens is 350 g/mol. The van der Waals surface area contributed by atoms with Crippen LogP contribution in [0.15, 0.2) is 42.5 Å². The van der Waals surface area contributed by atoms with Crippen LogP contribution in [0.25, 0.3) is 0 Å². The predicted octanol–water partition coefficient (Wildman–Crippen LogP) is 4.87. The molecule has 0 radical (unpaired) electrons. The minimum atomic E-state index is -0.542. The van der Waals surface area contributed by atoms with E-state index in [1.807, 2.05) is 32.9 Å². The van der Waals surface area contributed by atoms with E-state index in [1.54, 1.807) is 0 Å². The Labute approximate surface area is 168 Å². The summed E-state index contributed by atoms with van der Waals surface area (Å²) in [5, 5.41) is 3.51. The second-order valence-electron chi connectivity index (χ2n) is 7.55. The summed E-state index contributed by atoms with van der Waals surface area (Å²) in [6.45, 7) is 9.69. The molecule has 28 heavy (non-hydrogen) atoms. The summed E-state index contributed by atoms with van der Waals surface area (Å²) in [5.41, 5.74) is 4.01. The fourth-order valence-electron chi connectivity index (χ4n) is 3.63. The molecule has 0 saturated carbocycles. The van der Waals surface area contributed by atoms with Crippen molar-refractivity contribution in [2.45, 2.75) is 52.0 Å². The van der Waals surface area contributed by atoms with Gasteiger partial charge in [0.2, 0.25) is 0 Å². The monoisotopic (exact) mass is 379 g/mol. The topological polar surface area (TPSA) is 39.7 Å². The maximum atomic E-state index is 6.24. The number of benzene rings is 2. The molecule has 0 aliphatic carbocycles. The van der Waals surface area contributed by atoms with Crippen molar-refractivity contribution in [1.82, 2.24) is 0 Å². The number of hydrogen-bond donors (Lipinski definition) is 1. The maximum Gasteiger partial charge on any atom is 0.132 e. The molecule has 2 aromatic carbocycles. The third kappa shape index (κ3) is 4.32. The van der Waals surface area contributed by atoms with Gasteiger partial charge in [-0.15, -0.1) is 6.42 Å². The molecule has 2 unspecified atom stereocenters. The summed E-state index contributed by atoms with van der Waals surface area (Å²) in [4.78, 5) is 0. The van der Waals surface area contributed by atoms with Crippen LogP contribution in [0.4, 0.5) is 5.69 Å². The van der Waals surface area contributed by atoms with Crippen LogP contribution in [0.3, 0.4) is 0 Å². The molecule has 0 bridgehead atoms. The Bertz CT molecular complexity index is 853. The van der Waals surface area contributed by atoms with Crippen LogP contribution >= 0.6 is 0 Å². The Balaban J connectivity index is 1.87. The van der Waals surface area contributed by atoms with Gasteiger partial charge in [0.15, 0.2) is 0 Å². The molecule has 2 atom stereocenters. The zero-order valence-corrected chi connectivity index (χ0v) is 17.1. The third-order valence-corrected chi connectivity index (χ3v) is 5.09. The fraction of sp³-hybridized carbons (Fsp3) is 0.417. The van der Waals surface area contributed by atoms with E-state index in [1.165, 1.54) is 11.1 Å². The molecule has 1 heterocycles. The number of anilines is 1. The summed E-state index contributed by atoms with van der Waals surface area (Å²) >= 11 is 0. The van der Waals surface area contributed by atoms with Crippen molar-refractivity contribution >= 4 is 5.69 Å². The maximum absolute atomic E-state index is 6.24. The second kappa shape index (κ2) is 8.68. The molecule has 0 amide bonds. The lowest BCUT2D eigenvalue weighted by molar-refractivity contribution is -0.154. The highest BCUT2D eigenvalue weighted by Gasteiger charge is 2.45. The van der Waals surface area contributed by atoms with Crippen molar-refractivity contribution in [2.24, 2.45) is 0 Å². The Hall–Kier alpha value is -2.48. The lowest BCUT2D eigenvalue weighted by Gasteiger charge is -2.44. The summed E-state index contributed by atoms with van der Waals surface area (Å²) in [7, 11) is 0. The number of rotatable bonds is 7. The molecule has 1 aliphatic rings. The SMILES string of the molecule is C#CCOC1C(OCC)c2cc(NCc3ccccc3C)ccc2OC1(C)C. The average molecular weight is 380 g/mol. The van der Waals surface area contributed by atoms with E-state index in [0.717, 1.165) is 23.5 Å². The van der Waals surface area contributed by atoms with Gasteiger partial charge in [-0.2, -0.15) is 0 Å². The molecule has 3 rings (SSSR count). The zero-order chi connectivity index (χ0) is 20.1. The third-order valence-electron chi connectivity index (χ3n) is 5.09. The van der Waals surface area contributed by atoms with Crippen LogP contribution in [-0.2, 0) is 16.0 Å². The summed E-state index contributed by atoms with van der Waals surface area (Å²) in [6, 6.07) is 14.5. The average Bonchev–Trinajstić information content (AvgIpc) is 2.67. The standard InChI is InChI=1S/C24H29NO3/c1-6-14-27-23-22(26-7-2)20-15-19(12-13-21(20)28-24(23,4)5)25-16-18-11-9-8-10-17(18)3/h1,8-13,15,22-23,25H,7,14,16H2,2-5H3. The highest BCUT2D eigenvalue weighted by molar-refractivity contribution is 5.54. The number of hydrogen-bond acceptors (Lipinski definition) is 4. The highest BCUT2D eigenvalue weighted by atomic mass is 16.6. The van der Waals surface area contributed by atoms with E-state index in [-0.39, 0.29) is 18.8 Å². The molecule has 148 valence electrons. The number of ether oxygens (including phenoxy) is 3. The van der Waals surface area contributed by atoms with Gasteiger partial charge in [0.05, 0.1) is 0 Å². The number of fused-ring (bicyclic) bond motifs is 1. The molecule has 4 heteroatoms. The van der Waals surface area contributed by atoms with Gasteiger partial charge in [0.25, 0.3) is 0 Å². The van der Waals surface area contributed by atoms with Gasteiger partial charge in [0.1, 0.15) is 30.2 Å². The van der Waals surface area contributed by atoms with Crippen LogP contribution in [0.2, 0.25) is 0 Å². The quantitative estimate of drug-likeness (QED) is 0.697. The first-order valence-electron chi connectivity index (χ1n) is 9.74. The van der Waals surface area contributed by atoms with Crippen molar-refractivity contribution < 1.29 is 14.2 Å². The molecule has 0 spiro atoms. The number of aryl methyl sites for hydroxylation is 1. The van der Waals surface area contributed by atoms with E-state index in [2.05, 4.69) is 48.5 Å². The predicted molar refractivity (Wildman–Crippen MR) is 113 cm³/mol. The number of terminal acetylenes is 1. The van der Waals surface area contributed by atoms with E-state index in [4.69, 9.17) is 20.6 Å². The first-order chi connectivity index (χ1) is 13.5. The lowest BCUT2D eigenvalue weighted by Crippen LogP contribution is -2.51. The van der Waals surface area contributed by atoms with Gasteiger partial charge in [0, 0.05) is 24.4 Å². The molecule has 1 N–H and O–H groups in total. The Morgan fingerprint density at radius 1 is 1.18 bits per heavy atom. The van der Waals surface area contributed by atoms with E-state index >= 15 is 0 Å². The Kier molecular flexibility index (Phi) is 6.28. The van der Waals surface area contributed by atoms with Gasteiger partial charge in [-0.1, -0.05) is 30.2 Å². The molecule has 4 nitrogen and oxygen atoms in total. The molecule has 1 aliphatic heterocycles. The molecule has 2 aromatic rings. The molecule has 0 aromatic heterocycles. The van der Waals surface area contributed by atoms with Crippen LogP contribution in [0, 0.1) is 19.3 Å². The molecule has 0 fully saturated rings. The summed E-state index contributed by atoms with van der Waals surface area (Å²) in [5.74, 6) is 3.37. The largest absolute Gasteiger partial charge is 0.485 e. The smallest absolute Gasteiger partial charge is 0.132 e.